The number of alkyl halides is 4. The van der Waals surface area contributed by atoms with Crippen molar-refractivity contribution in [1.82, 2.24) is 0 Å². The standard InChI is InChI=1S/C15H7Cl8NO3/c16-4-2-1-3-5(8(4)17)24-11(25)6-7(12(26)27)14(21)10(19)9(18)13(6,20)15(14,22)23/h1-3,6-7H,(H,24,25)(H,26,27)/t6-,7-,13+,14+/m0/s1. The minimum absolute atomic E-state index is 0.0504. The van der Waals surface area contributed by atoms with Crippen LogP contribution in [0.2, 0.25) is 10.0 Å². The van der Waals surface area contributed by atoms with Crippen molar-refractivity contribution in [3.8, 4) is 0 Å². The third-order valence-corrected chi connectivity index (χ3v) is 9.77. The van der Waals surface area contributed by atoms with Gasteiger partial charge in [0.2, 0.25) is 5.91 Å². The molecule has 2 bridgehead atoms. The van der Waals surface area contributed by atoms with Gasteiger partial charge in [0, 0.05) is 0 Å². The summed E-state index contributed by atoms with van der Waals surface area (Å²) < 4.78 is -2.18. The lowest BCUT2D eigenvalue weighted by Crippen LogP contribution is -2.47. The van der Waals surface area contributed by atoms with E-state index in [0.717, 1.165) is 0 Å². The van der Waals surface area contributed by atoms with Crippen molar-refractivity contribution in [1.29, 1.82) is 0 Å². The van der Waals surface area contributed by atoms with Crippen LogP contribution >= 0.6 is 92.8 Å². The van der Waals surface area contributed by atoms with E-state index in [4.69, 9.17) is 92.8 Å². The molecule has 2 aliphatic carbocycles. The van der Waals surface area contributed by atoms with E-state index in [-0.39, 0.29) is 25.8 Å². The zero-order valence-electron chi connectivity index (χ0n) is 12.7. The lowest BCUT2D eigenvalue weighted by Gasteiger charge is -2.33. The predicted octanol–water partition coefficient (Wildman–Crippen LogP) is 6.09. The lowest BCUT2D eigenvalue weighted by molar-refractivity contribution is -0.146. The van der Waals surface area contributed by atoms with Crippen LogP contribution in [0.15, 0.2) is 28.3 Å². The molecule has 0 spiro atoms. The van der Waals surface area contributed by atoms with Gasteiger partial charge in [-0.15, -0.1) is 23.2 Å². The molecule has 1 amide bonds. The van der Waals surface area contributed by atoms with Crippen LogP contribution in [0.3, 0.4) is 0 Å². The lowest BCUT2D eigenvalue weighted by atomic mass is 9.81. The number of hydrogen-bond donors (Lipinski definition) is 2. The third-order valence-electron chi connectivity index (χ3n) is 4.69. The molecule has 0 heterocycles. The van der Waals surface area contributed by atoms with E-state index >= 15 is 0 Å². The van der Waals surface area contributed by atoms with E-state index in [1.54, 1.807) is 0 Å². The van der Waals surface area contributed by atoms with Crippen LogP contribution in [-0.4, -0.2) is 31.1 Å². The van der Waals surface area contributed by atoms with E-state index in [2.05, 4.69) is 5.32 Å². The van der Waals surface area contributed by atoms with Gasteiger partial charge in [-0.1, -0.05) is 75.7 Å². The van der Waals surface area contributed by atoms with Crippen molar-refractivity contribution in [2.24, 2.45) is 11.8 Å². The minimum Gasteiger partial charge on any atom is -0.481 e. The maximum atomic E-state index is 13.0. The van der Waals surface area contributed by atoms with Crippen LogP contribution in [0.1, 0.15) is 0 Å². The Hall–Kier alpha value is 0.220. The van der Waals surface area contributed by atoms with Gasteiger partial charge in [-0.05, 0) is 12.1 Å². The van der Waals surface area contributed by atoms with E-state index in [9.17, 15) is 14.7 Å². The average Bonchev–Trinajstić information content (AvgIpc) is 2.79. The fourth-order valence-electron chi connectivity index (χ4n) is 3.44. The first kappa shape index (κ1) is 21.9. The normalized spacial score (nSPS) is 34.1. The Morgan fingerprint density at radius 3 is 1.96 bits per heavy atom. The number of hydrogen-bond acceptors (Lipinski definition) is 2. The summed E-state index contributed by atoms with van der Waals surface area (Å²) in [5, 5.41) is 11.8. The second-order valence-corrected chi connectivity index (χ2v) is 10.1. The first-order valence-corrected chi connectivity index (χ1v) is 10.1. The molecule has 0 unspecified atom stereocenters. The molecule has 0 saturated heterocycles. The molecular weight excluding hydrogens is 526 g/mol. The van der Waals surface area contributed by atoms with Gasteiger partial charge in [0.05, 0.1) is 37.6 Å². The van der Waals surface area contributed by atoms with E-state index in [1.165, 1.54) is 18.2 Å². The Labute approximate surface area is 193 Å². The molecule has 0 radical (unpaired) electrons. The summed E-state index contributed by atoms with van der Waals surface area (Å²) in [6.07, 6.45) is 0. The van der Waals surface area contributed by atoms with Gasteiger partial charge in [-0.2, -0.15) is 0 Å². The third kappa shape index (κ3) is 2.65. The fourth-order valence-corrected chi connectivity index (χ4v) is 6.72. The zero-order chi connectivity index (χ0) is 20.5. The molecule has 12 heteroatoms. The van der Waals surface area contributed by atoms with Crippen molar-refractivity contribution in [2.75, 3.05) is 5.32 Å². The van der Waals surface area contributed by atoms with Gasteiger partial charge >= 0.3 is 5.97 Å². The molecule has 2 aliphatic rings. The van der Waals surface area contributed by atoms with Gasteiger partial charge in [-0.25, -0.2) is 0 Å². The number of amides is 1. The maximum absolute atomic E-state index is 13.0. The monoisotopic (exact) mass is 529 g/mol. The fraction of sp³-hybridized carbons (Fsp3) is 0.333. The number of carbonyl (C=O) groups is 2. The Bertz CT molecular complexity index is 903. The molecule has 1 aromatic carbocycles. The molecule has 4 atom stereocenters. The number of fused-ring (bicyclic) bond motifs is 2. The van der Waals surface area contributed by atoms with Crippen LogP contribution in [0.5, 0.6) is 0 Å². The molecule has 1 saturated carbocycles. The zero-order valence-corrected chi connectivity index (χ0v) is 18.7. The highest BCUT2D eigenvalue weighted by Crippen LogP contribution is 2.76. The number of benzene rings is 1. The highest BCUT2D eigenvalue weighted by Gasteiger charge is 2.85. The number of halogens is 8. The van der Waals surface area contributed by atoms with Crippen molar-refractivity contribution < 1.29 is 14.7 Å². The van der Waals surface area contributed by atoms with E-state index in [1.807, 2.05) is 0 Å². The van der Waals surface area contributed by atoms with Crippen LogP contribution in [-0.2, 0) is 9.59 Å². The largest absolute Gasteiger partial charge is 0.481 e. The van der Waals surface area contributed by atoms with Crippen molar-refractivity contribution >= 4 is 110 Å². The molecule has 4 nitrogen and oxygen atoms in total. The van der Waals surface area contributed by atoms with E-state index < -0.39 is 37.8 Å². The predicted molar refractivity (Wildman–Crippen MR) is 110 cm³/mol. The first-order chi connectivity index (χ1) is 12.3. The SMILES string of the molecule is O=C(O)[C@@H]1[C@@H](C(=O)Nc2cccc(Cl)c2Cl)[C@@]2(Cl)C(Cl)=C(Cl)[C@@]1(Cl)C2(Cl)Cl. The number of rotatable bonds is 3. The Morgan fingerprint density at radius 1 is 0.926 bits per heavy atom. The van der Waals surface area contributed by atoms with E-state index in [0.29, 0.717) is 0 Å². The highest BCUT2D eigenvalue weighted by molar-refractivity contribution is 6.66. The molecular formula is C15H7Cl8NO3. The topological polar surface area (TPSA) is 66.4 Å². The number of allylic oxidation sites excluding steroid dienone is 2. The van der Waals surface area contributed by atoms with Crippen molar-refractivity contribution in [3.05, 3.63) is 38.3 Å². The quantitative estimate of drug-likeness (QED) is 0.463. The second kappa shape index (κ2) is 6.88. The van der Waals surface area contributed by atoms with Crippen LogP contribution < -0.4 is 5.32 Å². The summed E-state index contributed by atoms with van der Waals surface area (Å²) in [5.74, 6) is -5.57. The van der Waals surface area contributed by atoms with Gasteiger partial charge in [0.15, 0.2) is 4.33 Å². The summed E-state index contributed by atoms with van der Waals surface area (Å²) in [6, 6.07) is 4.51. The molecule has 0 aliphatic heterocycles. The molecule has 0 aromatic heterocycles. The Balaban J connectivity index is 2.13. The number of aliphatic carboxylic acids is 1. The van der Waals surface area contributed by atoms with Crippen molar-refractivity contribution in [3.63, 3.8) is 0 Å². The number of carboxylic acid groups (broad SMARTS) is 1. The molecule has 2 N–H and O–H groups in total. The van der Waals surface area contributed by atoms with Gasteiger partial charge in [-0.3, -0.25) is 9.59 Å². The Morgan fingerprint density at radius 2 is 1.44 bits per heavy atom. The summed E-state index contributed by atoms with van der Waals surface area (Å²) in [6.45, 7) is 0. The summed E-state index contributed by atoms with van der Waals surface area (Å²) >= 11 is 50.0. The van der Waals surface area contributed by atoms with Gasteiger partial charge in [0.1, 0.15) is 9.75 Å². The van der Waals surface area contributed by atoms with Gasteiger partial charge in [0.25, 0.3) is 0 Å². The molecule has 3 rings (SSSR count). The summed E-state index contributed by atoms with van der Waals surface area (Å²) in [7, 11) is 0. The highest BCUT2D eigenvalue weighted by atomic mass is 35.5. The molecule has 27 heavy (non-hydrogen) atoms. The van der Waals surface area contributed by atoms with Crippen molar-refractivity contribution in [2.45, 2.75) is 14.1 Å². The number of nitrogens with one attached hydrogen (secondary N) is 1. The number of carbonyl (C=O) groups excluding carboxylic acids is 1. The minimum atomic E-state index is -2.18. The van der Waals surface area contributed by atoms with Crippen LogP contribution in [0, 0.1) is 11.8 Å². The van der Waals surface area contributed by atoms with Crippen LogP contribution in [0.25, 0.3) is 0 Å². The second-order valence-electron chi connectivity index (χ2n) is 6.01. The average molecular weight is 533 g/mol. The smallest absolute Gasteiger partial charge is 0.309 e. The van der Waals surface area contributed by atoms with Crippen LogP contribution in [0.4, 0.5) is 5.69 Å². The maximum Gasteiger partial charge on any atom is 0.309 e. The summed E-state index contributed by atoms with van der Waals surface area (Å²) in [5.41, 5.74) is 0.130. The first-order valence-electron chi connectivity index (χ1n) is 7.13. The number of anilines is 1. The Kier molecular flexibility index (Phi) is 5.59. The molecule has 1 fully saturated rings. The number of carboxylic acids is 1. The summed E-state index contributed by atoms with van der Waals surface area (Å²) in [4.78, 5) is 20.8. The molecule has 146 valence electrons. The van der Waals surface area contributed by atoms with Gasteiger partial charge < -0.3 is 10.4 Å². The molecule has 1 aromatic rings.